The molecule has 0 aliphatic heterocycles. The summed E-state index contributed by atoms with van der Waals surface area (Å²) in [6.45, 7) is 4.16. The van der Waals surface area contributed by atoms with Crippen molar-refractivity contribution in [2.24, 2.45) is 5.41 Å². The molecule has 0 N–H and O–H groups in total. The molecule has 2 aromatic rings. The van der Waals surface area contributed by atoms with Crippen LogP contribution in [0.25, 0.3) is 5.69 Å². The van der Waals surface area contributed by atoms with E-state index < -0.39 is 0 Å². The summed E-state index contributed by atoms with van der Waals surface area (Å²) in [5.41, 5.74) is 2.04. The van der Waals surface area contributed by atoms with Crippen molar-refractivity contribution in [2.75, 3.05) is 0 Å². The van der Waals surface area contributed by atoms with Crippen LogP contribution in [-0.2, 0) is 4.79 Å². The van der Waals surface area contributed by atoms with Gasteiger partial charge in [-0.25, -0.2) is 4.68 Å². The number of Topliss-reactive ketones (excluding diaryl/α,β-unsaturated/α-hetero) is 1. The van der Waals surface area contributed by atoms with E-state index in [4.69, 9.17) is 0 Å². The fraction of sp³-hybridized carbons (Fsp3) is 0.375. The molecule has 0 spiro atoms. The molecule has 98 valence electrons. The van der Waals surface area contributed by atoms with Gasteiger partial charge < -0.3 is 0 Å². The third-order valence-electron chi connectivity index (χ3n) is 4.56. The molecular formula is C16H18N2O. The first-order valence-corrected chi connectivity index (χ1v) is 6.78. The molecule has 1 aliphatic rings. The first-order chi connectivity index (χ1) is 9.15. The van der Waals surface area contributed by atoms with Crippen molar-refractivity contribution in [1.29, 1.82) is 0 Å². The number of hydrogen-bond acceptors (Lipinski definition) is 2. The van der Waals surface area contributed by atoms with Crippen LogP contribution in [0.15, 0.2) is 42.7 Å². The highest BCUT2D eigenvalue weighted by Crippen LogP contribution is 2.51. The molecule has 2 atom stereocenters. The highest BCUT2D eigenvalue weighted by atomic mass is 16.1. The molecule has 19 heavy (non-hydrogen) atoms. The van der Waals surface area contributed by atoms with Crippen LogP contribution in [0, 0.1) is 5.41 Å². The minimum absolute atomic E-state index is 0.190. The topological polar surface area (TPSA) is 34.9 Å². The summed E-state index contributed by atoms with van der Waals surface area (Å²) >= 11 is 0. The Morgan fingerprint density at radius 2 is 2.11 bits per heavy atom. The number of aromatic nitrogens is 2. The second-order valence-corrected chi connectivity index (χ2v) is 5.50. The minimum atomic E-state index is -0.190. The average Bonchev–Trinajstić information content (AvgIpc) is 2.93. The van der Waals surface area contributed by atoms with Gasteiger partial charge in [-0.3, -0.25) is 4.79 Å². The lowest BCUT2D eigenvalue weighted by Crippen LogP contribution is -2.45. The molecule has 0 amide bonds. The Hall–Kier alpha value is -1.90. The first kappa shape index (κ1) is 12.2. The lowest BCUT2D eigenvalue weighted by Gasteiger charge is -2.44. The van der Waals surface area contributed by atoms with Crippen LogP contribution in [0.5, 0.6) is 0 Å². The van der Waals surface area contributed by atoms with Crippen LogP contribution in [-0.4, -0.2) is 15.6 Å². The van der Waals surface area contributed by atoms with Crippen molar-refractivity contribution in [1.82, 2.24) is 9.78 Å². The third-order valence-corrected chi connectivity index (χ3v) is 4.56. The normalized spacial score (nSPS) is 26.2. The summed E-state index contributed by atoms with van der Waals surface area (Å²) in [6.07, 6.45) is 5.51. The Balaban J connectivity index is 1.89. The molecular weight excluding hydrogens is 236 g/mol. The van der Waals surface area contributed by atoms with Crippen molar-refractivity contribution in [3.05, 3.63) is 48.3 Å². The molecule has 0 saturated heterocycles. The molecule has 1 fully saturated rings. The van der Waals surface area contributed by atoms with Gasteiger partial charge in [0.25, 0.3) is 0 Å². The van der Waals surface area contributed by atoms with Crippen molar-refractivity contribution in [3.8, 4) is 5.69 Å². The van der Waals surface area contributed by atoms with E-state index in [0.29, 0.717) is 18.1 Å². The second-order valence-electron chi connectivity index (χ2n) is 5.50. The molecule has 3 nitrogen and oxygen atoms in total. The summed E-state index contributed by atoms with van der Waals surface area (Å²) in [5, 5.41) is 4.42. The van der Waals surface area contributed by atoms with Crippen molar-refractivity contribution < 1.29 is 4.79 Å². The van der Waals surface area contributed by atoms with Crippen LogP contribution in [0.2, 0.25) is 0 Å². The number of rotatable bonds is 3. The zero-order valence-electron chi connectivity index (χ0n) is 11.3. The van der Waals surface area contributed by atoms with Crippen LogP contribution < -0.4 is 0 Å². The molecule has 3 rings (SSSR count). The fourth-order valence-corrected chi connectivity index (χ4v) is 2.87. The number of benzene rings is 1. The fourth-order valence-electron chi connectivity index (χ4n) is 2.87. The highest BCUT2D eigenvalue weighted by molar-refractivity contribution is 5.92. The largest absolute Gasteiger partial charge is 0.299 e. The Labute approximate surface area is 113 Å². The van der Waals surface area contributed by atoms with Crippen LogP contribution in [0.1, 0.15) is 38.2 Å². The van der Waals surface area contributed by atoms with Gasteiger partial charge in [-0.15, -0.1) is 0 Å². The number of carbonyl (C=O) groups excluding carboxylic acids is 1. The van der Waals surface area contributed by atoms with Gasteiger partial charge in [0.2, 0.25) is 0 Å². The lowest BCUT2D eigenvalue weighted by atomic mass is 9.57. The summed E-state index contributed by atoms with van der Waals surface area (Å²) in [7, 11) is 0. The summed E-state index contributed by atoms with van der Waals surface area (Å²) < 4.78 is 1.88. The standard InChI is InChI=1S/C16H18N2O/c1-3-16(2)14(9-15(16)19)12-10-17-18(11-12)13-7-5-4-6-8-13/h4-8,10-11,14H,3,9H2,1-2H3. The van der Waals surface area contributed by atoms with Gasteiger partial charge in [-0.2, -0.15) is 5.10 Å². The number of nitrogens with zero attached hydrogens (tertiary/aromatic N) is 2. The van der Waals surface area contributed by atoms with Crippen molar-refractivity contribution >= 4 is 5.78 Å². The summed E-state index contributed by atoms with van der Waals surface area (Å²) in [6, 6.07) is 10.1. The van der Waals surface area contributed by atoms with E-state index in [2.05, 4.69) is 25.1 Å². The summed E-state index contributed by atoms with van der Waals surface area (Å²) in [5.74, 6) is 0.704. The van der Waals surface area contributed by atoms with Gasteiger partial charge in [0.15, 0.2) is 0 Å². The van der Waals surface area contributed by atoms with Gasteiger partial charge in [-0.1, -0.05) is 32.0 Å². The van der Waals surface area contributed by atoms with Crippen molar-refractivity contribution in [3.63, 3.8) is 0 Å². The van der Waals surface area contributed by atoms with Gasteiger partial charge >= 0.3 is 0 Å². The molecule has 2 unspecified atom stereocenters. The number of hydrogen-bond donors (Lipinski definition) is 0. The smallest absolute Gasteiger partial charge is 0.140 e. The molecule has 0 bridgehead atoms. The van der Waals surface area contributed by atoms with Crippen molar-refractivity contribution in [2.45, 2.75) is 32.6 Å². The van der Waals surface area contributed by atoms with Gasteiger partial charge in [-0.05, 0) is 24.1 Å². The van der Waals surface area contributed by atoms with Crippen LogP contribution in [0.4, 0.5) is 0 Å². The maximum absolute atomic E-state index is 11.8. The maximum atomic E-state index is 11.8. The highest BCUT2D eigenvalue weighted by Gasteiger charge is 2.50. The van der Waals surface area contributed by atoms with E-state index in [0.717, 1.165) is 12.1 Å². The van der Waals surface area contributed by atoms with E-state index in [9.17, 15) is 4.79 Å². The average molecular weight is 254 g/mol. The number of ketones is 1. The van der Waals surface area contributed by atoms with Crippen LogP contribution >= 0.6 is 0 Å². The monoisotopic (exact) mass is 254 g/mol. The molecule has 1 aromatic heterocycles. The molecule has 3 heteroatoms. The maximum Gasteiger partial charge on any atom is 0.140 e. The summed E-state index contributed by atoms with van der Waals surface area (Å²) in [4.78, 5) is 11.8. The third kappa shape index (κ3) is 1.81. The van der Waals surface area contributed by atoms with E-state index in [1.54, 1.807) is 0 Å². The SMILES string of the molecule is CCC1(C)C(=O)CC1c1cnn(-c2ccccc2)c1. The van der Waals surface area contributed by atoms with Gasteiger partial charge in [0, 0.05) is 24.0 Å². The Kier molecular flexibility index (Phi) is 2.77. The predicted molar refractivity (Wildman–Crippen MR) is 74.3 cm³/mol. The van der Waals surface area contributed by atoms with E-state index >= 15 is 0 Å². The Morgan fingerprint density at radius 3 is 2.74 bits per heavy atom. The van der Waals surface area contributed by atoms with Crippen LogP contribution in [0.3, 0.4) is 0 Å². The lowest BCUT2D eigenvalue weighted by molar-refractivity contribution is -0.139. The molecule has 1 aromatic carbocycles. The molecule has 1 aliphatic carbocycles. The predicted octanol–water partition coefficient (Wildman–Crippen LogP) is 3.35. The zero-order valence-corrected chi connectivity index (χ0v) is 11.3. The molecule has 0 radical (unpaired) electrons. The van der Waals surface area contributed by atoms with E-state index in [1.807, 2.05) is 41.2 Å². The first-order valence-electron chi connectivity index (χ1n) is 6.78. The number of carbonyl (C=O) groups is 1. The minimum Gasteiger partial charge on any atom is -0.299 e. The van der Waals surface area contributed by atoms with E-state index in [1.165, 1.54) is 5.56 Å². The molecule has 1 heterocycles. The van der Waals surface area contributed by atoms with Gasteiger partial charge in [0.05, 0.1) is 11.9 Å². The Morgan fingerprint density at radius 1 is 1.37 bits per heavy atom. The zero-order chi connectivity index (χ0) is 13.5. The quantitative estimate of drug-likeness (QED) is 0.842. The number of para-hydroxylation sites is 1. The molecule has 1 saturated carbocycles. The van der Waals surface area contributed by atoms with Gasteiger partial charge in [0.1, 0.15) is 5.78 Å². The Bertz CT molecular complexity index is 602. The second kappa shape index (κ2) is 4.34. The van der Waals surface area contributed by atoms with E-state index in [-0.39, 0.29) is 5.41 Å².